The molecule has 1 aromatic carbocycles. The molecule has 0 heterocycles. The highest BCUT2D eigenvalue weighted by atomic mass is 16.5. The van der Waals surface area contributed by atoms with Gasteiger partial charge in [0.2, 0.25) is 0 Å². The molecule has 0 aliphatic rings. The lowest BCUT2D eigenvalue weighted by Gasteiger charge is -2.12. The molecule has 0 aliphatic heterocycles. The van der Waals surface area contributed by atoms with Crippen LogP contribution in [0.2, 0.25) is 0 Å². The SMILES string of the molecule is CCc1cccc(OCC(C)/C(N)=N/O)c1. The zero-order valence-corrected chi connectivity index (χ0v) is 9.68. The summed E-state index contributed by atoms with van der Waals surface area (Å²) in [5, 5.41) is 11.4. The molecule has 88 valence electrons. The lowest BCUT2D eigenvalue weighted by Crippen LogP contribution is -2.26. The zero-order chi connectivity index (χ0) is 12.0. The first kappa shape index (κ1) is 12.4. The molecular weight excluding hydrogens is 204 g/mol. The van der Waals surface area contributed by atoms with E-state index in [9.17, 15) is 0 Å². The number of hydrogen-bond acceptors (Lipinski definition) is 3. The van der Waals surface area contributed by atoms with Crippen molar-refractivity contribution in [2.45, 2.75) is 20.3 Å². The minimum absolute atomic E-state index is 0.102. The molecule has 0 fully saturated rings. The highest BCUT2D eigenvalue weighted by molar-refractivity contribution is 5.81. The van der Waals surface area contributed by atoms with Crippen molar-refractivity contribution in [3.05, 3.63) is 29.8 Å². The summed E-state index contributed by atoms with van der Waals surface area (Å²) >= 11 is 0. The number of benzene rings is 1. The van der Waals surface area contributed by atoms with Crippen molar-refractivity contribution in [2.75, 3.05) is 6.61 Å². The standard InChI is InChI=1S/C12H18N2O2/c1-3-10-5-4-6-11(7-10)16-8-9(2)12(13)14-15/h4-7,9,15H,3,8H2,1-2H3,(H2,13,14). The van der Waals surface area contributed by atoms with E-state index in [2.05, 4.69) is 18.1 Å². The van der Waals surface area contributed by atoms with Gasteiger partial charge in [0.1, 0.15) is 11.6 Å². The van der Waals surface area contributed by atoms with Gasteiger partial charge in [0.15, 0.2) is 0 Å². The second-order valence-electron chi connectivity index (χ2n) is 3.74. The first-order valence-corrected chi connectivity index (χ1v) is 5.36. The number of aryl methyl sites for hydroxylation is 1. The van der Waals surface area contributed by atoms with Gasteiger partial charge >= 0.3 is 0 Å². The van der Waals surface area contributed by atoms with Crippen LogP contribution in [0.1, 0.15) is 19.4 Å². The number of ether oxygens (including phenoxy) is 1. The Kier molecular flexibility index (Phi) is 4.64. The summed E-state index contributed by atoms with van der Waals surface area (Å²) in [6.07, 6.45) is 0.979. The molecule has 1 unspecified atom stereocenters. The molecule has 4 nitrogen and oxygen atoms in total. The topological polar surface area (TPSA) is 67.8 Å². The molecule has 1 atom stereocenters. The van der Waals surface area contributed by atoms with E-state index >= 15 is 0 Å². The van der Waals surface area contributed by atoms with Crippen LogP contribution >= 0.6 is 0 Å². The van der Waals surface area contributed by atoms with Crippen LogP contribution in [-0.2, 0) is 6.42 Å². The van der Waals surface area contributed by atoms with Gasteiger partial charge in [-0.15, -0.1) is 0 Å². The second-order valence-corrected chi connectivity index (χ2v) is 3.74. The van der Waals surface area contributed by atoms with Crippen molar-refractivity contribution in [3.63, 3.8) is 0 Å². The van der Waals surface area contributed by atoms with Crippen molar-refractivity contribution in [3.8, 4) is 5.75 Å². The van der Waals surface area contributed by atoms with E-state index in [0.29, 0.717) is 6.61 Å². The monoisotopic (exact) mass is 222 g/mol. The summed E-state index contributed by atoms with van der Waals surface area (Å²) in [5.74, 6) is 0.902. The molecule has 0 bridgehead atoms. The van der Waals surface area contributed by atoms with Crippen LogP contribution in [0, 0.1) is 5.92 Å². The molecule has 0 saturated carbocycles. The predicted molar refractivity (Wildman–Crippen MR) is 63.9 cm³/mol. The Balaban J connectivity index is 2.54. The van der Waals surface area contributed by atoms with Gasteiger partial charge in [0.25, 0.3) is 0 Å². The van der Waals surface area contributed by atoms with Crippen molar-refractivity contribution < 1.29 is 9.94 Å². The molecule has 3 N–H and O–H groups in total. The summed E-state index contributed by atoms with van der Waals surface area (Å²) in [4.78, 5) is 0. The summed E-state index contributed by atoms with van der Waals surface area (Å²) in [6.45, 7) is 4.35. The maximum Gasteiger partial charge on any atom is 0.145 e. The molecule has 1 rings (SSSR count). The van der Waals surface area contributed by atoms with Crippen LogP contribution < -0.4 is 10.5 Å². The number of amidine groups is 1. The Hall–Kier alpha value is -1.71. The largest absolute Gasteiger partial charge is 0.493 e. The lowest BCUT2D eigenvalue weighted by atomic mass is 10.1. The first-order valence-electron chi connectivity index (χ1n) is 5.36. The number of nitrogens with zero attached hydrogens (tertiary/aromatic N) is 1. The summed E-state index contributed by atoms with van der Waals surface area (Å²) in [5.41, 5.74) is 6.69. The van der Waals surface area contributed by atoms with Crippen molar-refractivity contribution in [1.29, 1.82) is 0 Å². The quantitative estimate of drug-likeness (QED) is 0.346. The lowest BCUT2D eigenvalue weighted by molar-refractivity contribution is 0.279. The van der Waals surface area contributed by atoms with Gasteiger partial charge in [-0.25, -0.2) is 0 Å². The Morgan fingerprint density at radius 2 is 2.31 bits per heavy atom. The number of oxime groups is 1. The van der Waals surface area contributed by atoms with Gasteiger partial charge < -0.3 is 15.7 Å². The molecular formula is C12H18N2O2. The van der Waals surface area contributed by atoms with Crippen LogP contribution in [0.15, 0.2) is 29.4 Å². The van der Waals surface area contributed by atoms with Crippen LogP contribution in [0.4, 0.5) is 0 Å². The molecule has 0 aromatic heterocycles. The summed E-state index contributed by atoms with van der Waals surface area (Å²) < 4.78 is 5.56. The van der Waals surface area contributed by atoms with Crippen LogP contribution in [0.25, 0.3) is 0 Å². The molecule has 0 aliphatic carbocycles. The van der Waals surface area contributed by atoms with Crippen LogP contribution in [-0.4, -0.2) is 17.6 Å². The third kappa shape index (κ3) is 3.46. The number of rotatable bonds is 5. The Labute approximate surface area is 95.7 Å². The van der Waals surface area contributed by atoms with E-state index in [4.69, 9.17) is 15.7 Å². The normalized spacial score (nSPS) is 13.5. The van der Waals surface area contributed by atoms with Crippen molar-refractivity contribution >= 4 is 5.84 Å². The van der Waals surface area contributed by atoms with E-state index in [0.717, 1.165) is 12.2 Å². The van der Waals surface area contributed by atoms with E-state index in [1.807, 2.05) is 25.1 Å². The average molecular weight is 222 g/mol. The molecule has 0 spiro atoms. The Bertz CT molecular complexity index is 364. The fourth-order valence-electron chi connectivity index (χ4n) is 1.26. The third-order valence-electron chi connectivity index (χ3n) is 2.43. The minimum Gasteiger partial charge on any atom is -0.493 e. The van der Waals surface area contributed by atoms with E-state index in [1.54, 1.807) is 0 Å². The number of nitrogens with two attached hydrogens (primary N) is 1. The molecule has 0 amide bonds. The maximum absolute atomic E-state index is 8.49. The van der Waals surface area contributed by atoms with E-state index in [-0.39, 0.29) is 11.8 Å². The highest BCUT2D eigenvalue weighted by Crippen LogP contribution is 2.14. The molecule has 0 radical (unpaired) electrons. The van der Waals surface area contributed by atoms with Gasteiger partial charge in [0.05, 0.1) is 12.5 Å². The summed E-state index contributed by atoms with van der Waals surface area (Å²) in [6, 6.07) is 7.92. The fourth-order valence-corrected chi connectivity index (χ4v) is 1.26. The van der Waals surface area contributed by atoms with E-state index < -0.39 is 0 Å². The van der Waals surface area contributed by atoms with Crippen LogP contribution in [0.3, 0.4) is 0 Å². The van der Waals surface area contributed by atoms with Crippen molar-refractivity contribution in [1.82, 2.24) is 0 Å². The Morgan fingerprint density at radius 1 is 1.56 bits per heavy atom. The van der Waals surface area contributed by atoms with Crippen molar-refractivity contribution in [2.24, 2.45) is 16.8 Å². The molecule has 0 saturated heterocycles. The number of hydrogen-bond donors (Lipinski definition) is 2. The second kappa shape index (κ2) is 6.00. The van der Waals surface area contributed by atoms with E-state index in [1.165, 1.54) is 5.56 Å². The minimum atomic E-state index is -0.102. The molecule has 1 aromatic rings. The summed E-state index contributed by atoms with van der Waals surface area (Å²) in [7, 11) is 0. The average Bonchev–Trinajstić information content (AvgIpc) is 2.35. The van der Waals surface area contributed by atoms with Crippen LogP contribution in [0.5, 0.6) is 5.75 Å². The highest BCUT2D eigenvalue weighted by Gasteiger charge is 2.08. The Morgan fingerprint density at radius 3 is 2.94 bits per heavy atom. The molecule has 16 heavy (non-hydrogen) atoms. The molecule has 4 heteroatoms. The smallest absolute Gasteiger partial charge is 0.145 e. The maximum atomic E-state index is 8.49. The first-order chi connectivity index (χ1) is 7.67. The zero-order valence-electron chi connectivity index (χ0n) is 9.68. The third-order valence-corrected chi connectivity index (χ3v) is 2.43. The van der Waals surface area contributed by atoms with Gasteiger partial charge in [0, 0.05) is 0 Å². The predicted octanol–water partition coefficient (Wildman–Crippen LogP) is 2.01. The van der Waals surface area contributed by atoms with Gasteiger partial charge in [-0.05, 0) is 24.1 Å². The fraction of sp³-hybridized carbons (Fsp3) is 0.417. The van der Waals surface area contributed by atoms with Gasteiger partial charge in [-0.3, -0.25) is 0 Å². The van der Waals surface area contributed by atoms with Gasteiger partial charge in [-0.1, -0.05) is 31.1 Å². The van der Waals surface area contributed by atoms with Gasteiger partial charge in [-0.2, -0.15) is 0 Å².